The standard InChI is InChI=1S/C23H37N3O4/c1-14(2)13-30-23(29)26-20(16(5)6)22(28)24-12-19(15(3)4)25-21(27)18-10-8-17(7)9-11-18/h8-11,14-16,19-20H,12-13H2,1-7H3,(H,24,28)(H,25,27)(H,26,29)/t19-,20-/m0/s1. The van der Waals surface area contributed by atoms with Gasteiger partial charge in [0.15, 0.2) is 0 Å². The van der Waals surface area contributed by atoms with Gasteiger partial charge < -0.3 is 20.7 Å². The fourth-order valence-electron chi connectivity index (χ4n) is 2.68. The lowest BCUT2D eigenvalue weighted by Gasteiger charge is -2.26. The lowest BCUT2D eigenvalue weighted by atomic mass is 10.0. The average molecular weight is 420 g/mol. The molecule has 0 saturated heterocycles. The lowest BCUT2D eigenvalue weighted by molar-refractivity contribution is -0.124. The van der Waals surface area contributed by atoms with Crippen molar-refractivity contribution in [2.75, 3.05) is 13.2 Å². The van der Waals surface area contributed by atoms with E-state index in [-0.39, 0.29) is 42.2 Å². The molecule has 0 aliphatic heterocycles. The lowest BCUT2D eigenvalue weighted by Crippen LogP contribution is -2.53. The smallest absolute Gasteiger partial charge is 0.407 e. The molecule has 0 fully saturated rings. The van der Waals surface area contributed by atoms with Crippen molar-refractivity contribution < 1.29 is 19.1 Å². The fourth-order valence-corrected chi connectivity index (χ4v) is 2.68. The number of rotatable bonds is 10. The van der Waals surface area contributed by atoms with E-state index in [9.17, 15) is 14.4 Å². The van der Waals surface area contributed by atoms with Gasteiger partial charge in [0.1, 0.15) is 6.04 Å². The Kier molecular flexibility index (Phi) is 10.4. The van der Waals surface area contributed by atoms with E-state index in [4.69, 9.17) is 4.74 Å². The van der Waals surface area contributed by atoms with Gasteiger partial charge in [-0.2, -0.15) is 0 Å². The molecule has 0 aliphatic carbocycles. The van der Waals surface area contributed by atoms with Crippen molar-refractivity contribution >= 4 is 17.9 Å². The summed E-state index contributed by atoms with van der Waals surface area (Å²) in [4.78, 5) is 37.2. The van der Waals surface area contributed by atoms with Gasteiger partial charge in [-0.1, -0.05) is 59.2 Å². The molecular weight excluding hydrogens is 382 g/mol. The number of carbonyl (C=O) groups is 3. The molecule has 0 unspecified atom stereocenters. The zero-order valence-corrected chi connectivity index (χ0v) is 19.2. The largest absolute Gasteiger partial charge is 0.449 e. The van der Waals surface area contributed by atoms with Gasteiger partial charge in [0.25, 0.3) is 5.91 Å². The highest BCUT2D eigenvalue weighted by molar-refractivity contribution is 5.94. The summed E-state index contributed by atoms with van der Waals surface area (Å²) >= 11 is 0. The summed E-state index contributed by atoms with van der Waals surface area (Å²) in [5.41, 5.74) is 1.66. The van der Waals surface area contributed by atoms with Gasteiger partial charge in [-0.15, -0.1) is 0 Å². The van der Waals surface area contributed by atoms with Crippen LogP contribution < -0.4 is 16.0 Å². The van der Waals surface area contributed by atoms with E-state index in [1.807, 2.05) is 60.6 Å². The van der Waals surface area contributed by atoms with Crippen LogP contribution >= 0.6 is 0 Å². The Morgan fingerprint density at radius 1 is 0.900 bits per heavy atom. The van der Waals surface area contributed by atoms with E-state index < -0.39 is 12.1 Å². The second kappa shape index (κ2) is 12.2. The van der Waals surface area contributed by atoms with Crippen LogP contribution in [0.2, 0.25) is 0 Å². The van der Waals surface area contributed by atoms with Gasteiger partial charge >= 0.3 is 6.09 Å². The van der Waals surface area contributed by atoms with Crippen molar-refractivity contribution in [3.63, 3.8) is 0 Å². The van der Waals surface area contributed by atoms with E-state index in [0.717, 1.165) is 5.56 Å². The number of hydrogen-bond acceptors (Lipinski definition) is 4. The highest BCUT2D eigenvalue weighted by atomic mass is 16.5. The first kappa shape index (κ1) is 25.5. The molecule has 1 aromatic carbocycles. The Balaban J connectivity index is 2.67. The second-order valence-electron chi connectivity index (χ2n) is 8.79. The van der Waals surface area contributed by atoms with Crippen molar-refractivity contribution in [1.82, 2.24) is 16.0 Å². The first-order valence-corrected chi connectivity index (χ1v) is 10.6. The number of carbonyl (C=O) groups excluding carboxylic acids is 3. The predicted octanol–water partition coefficient (Wildman–Crippen LogP) is 3.27. The zero-order chi connectivity index (χ0) is 22.8. The first-order chi connectivity index (χ1) is 14.0. The molecule has 0 bridgehead atoms. The van der Waals surface area contributed by atoms with Gasteiger partial charge in [0.2, 0.25) is 5.91 Å². The molecule has 7 nitrogen and oxygen atoms in total. The molecule has 1 rings (SSSR count). The minimum Gasteiger partial charge on any atom is -0.449 e. The summed E-state index contributed by atoms with van der Waals surface area (Å²) in [5.74, 6) is -0.274. The molecule has 30 heavy (non-hydrogen) atoms. The molecule has 0 saturated carbocycles. The number of nitrogens with one attached hydrogen (secondary N) is 3. The fraction of sp³-hybridized carbons (Fsp3) is 0.609. The maximum atomic E-state index is 12.7. The van der Waals surface area contributed by atoms with E-state index in [0.29, 0.717) is 12.2 Å². The molecule has 3 N–H and O–H groups in total. The van der Waals surface area contributed by atoms with Crippen LogP contribution in [0.4, 0.5) is 4.79 Å². The Morgan fingerprint density at radius 3 is 2.00 bits per heavy atom. The van der Waals surface area contributed by atoms with Crippen LogP contribution in [0.1, 0.15) is 57.5 Å². The van der Waals surface area contributed by atoms with Crippen molar-refractivity contribution in [2.24, 2.45) is 17.8 Å². The van der Waals surface area contributed by atoms with Gasteiger partial charge in [-0.25, -0.2) is 4.79 Å². The highest BCUT2D eigenvalue weighted by Crippen LogP contribution is 2.08. The Labute approximate surface area is 180 Å². The number of alkyl carbamates (subject to hydrolysis) is 1. The molecule has 1 aromatic rings. The molecule has 3 amide bonds. The number of amides is 3. The number of ether oxygens (including phenoxy) is 1. The predicted molar refractivity (Wildman–Crippen MR) is 118 cm³/mol. The molecule has 0 radical (unpaired) electrons. The van der Waals surface area contributed by atoms with Crippen molar-refractivity contribution in [2.45, 2.75) is 60.5 Å². The normalized spacial score (nSPS) is 13.1. The number of benzene rings is 1. The zero-order valence-electron chi connectivity index (χ0n) is 19.2. The Hall–Kier alpha value is -2.57. The summed E-state index contributed by atoms with van der Waals surface area (Å²) < 4.78 is 5.12. The Morgan fingerprint density at radius 2 is 1.50 bits per heavy atom. The third kappa shape index (κ3) is 8.84. The first-order valence-electron chi connectivity index (χ1n) is 10.6. The third-order valence-electron chi connectivity index (χ3n) is 4.70. The van der Waals surface area contributed by atoms with Crippen LogP contribution in [0, 0.1) is 24.7 Å². The molecule has 0 aliphatic rings. The minimum atomic E-state index is -0.717. The summed E-state index contributed by atoms with van der Waals surface area (Å²) in [6, 6.07) is 6.37. The van der Waals surface area contributed by atoms with Crippen molar-refractivity contribution in [1.29, 1.82) is 0 Å². The topological polar surface area (TPSA) is 96.5 Å². The van der Waals surface area contributed by atoms with E-state index in [2.05, 4.69) is 16.0 Å². The molecule has 0 heterocycles. The monoisotopic (exact) mass is 419 g/mol. The minimum absolute atomic E-state index is 0.112. The van der Waals surface area contributed by atoms with Crippen LogP contribution in [0.5, 0.6) is 0 Å². The molecule has 0 spiro atoms. The summed E-state index contributed by atoms with van der Waals surface area (Å²) in [7, 11) is 0. The molecule has 0 aromatic heterocycles. The van der Waals surface area contributed by atoms with Gasteiger partial charge in [0.05, 0.1) is 6.61 Å². The molecule has 168 valence electrons. The molecule has 7 heteroatoms. The van der Waals surface area contributed by atoms with Crippen LogP contribution in [-0.4, -0.2) is 43.1 Å². The summed E-state index contributed by atoms with van der Waals surface area (Å²) in [6.07, 6.45) is -0.606. The van der Waals surface area contributed by atoms with Gasteiger partial charge in [-0.3, -0.25) is 9.59 Å². The SMILES string of the molecule is Cc1ccc(C(=O)N[C@@H](CNC(=O)[C@@H](NC(=O)OCC(C)C)C(C)C)C(C)C)cc1. The number of hydrogen-bond donors (Lipinski definition) is 3. The van der Waals surface area contributed by atoms with Gasteiger partial charge in [0, 0.05) is 18.2 Å². The Bertz CT molecular complexity index is 699. The van der Waals surface area contributed by atoms with Crippen LogP contribution in [0.3, 0.4) is 0 Å². The van der Waals surface area contributed by atoms with Crippen LogP contribution in [0.25, 0.3) is 0 Å². The van der Waals surface area contributed by atoms with Crippen molar-refractivity contribution in [3.8, 4) is 0 Å². The second-order valence-corrected chi connectivity index (χ2v) is 8.79. The molecule has 2 atom stereocenters. The maximum absolute atomic E-state index is 12.7. The third-order valence-corrected chi connectivity index (χ3v) is 4.70. The number of aryl methyl sites for hydroxylation is 1. The summed E-state index contributed by atoms with van der Waals surface area (Å²) in [6.45, 7) is 14.1. The highest BCUT2D eigenvalue weighted by Gasteiger charge is 2.26. The van der Waals surface area contributed by atoms with E-state index in [1.54, 1.807) is 12.1 Å². The maximum Gasteiger partial charge on any atom is 0.407 e. The van der Waals surface area contributed by atoms with Gasteiger partial charge in [-0.05, 0) is 36.8 Å². The van der Waals surface area contributed by atoms with E-state index >= 15 is 0 Å². The van der Waals surface area contributed by atoms with E-state index in [1.165, 1.54) is 0 Å². The molecular formula is C23H37N3O4. The van der Waals surface area contributed by atoms with Crippen molar-refractivity contribution in [3.05, 3.63) is 35.4 Å². The quantitative estimate of drug-likeness (QED) is 0.542. The summed E-state index contributed by atoms with van der Waals surface area (Å²) in [5, 5.41) is 8.48. The average Bonchev–Trinajstić information content (AvgIpc) is 2.67. The van der Waals surface area contributed by atoms with Crippen LogP contribution in [-0.2, 0) is 9.53 Å². The van der Waals surface area contributed by atoms with Crippen LogP contribution in [0.15, 0.2) is 24.3 Å².